The van der Waals surface area contributed by atoms with E-state index in [4.69, 9.17) is 4.74 Å². The first-order chi connectivity index (χ1) is 5.25. The summed E-state index contributed by atoms with van der Waals surface area (Å²) in [6, 6.07) is 0. The van der Waals surface area contributed by atoms with Crippen LogP contribution in [0.3, 0.4) is 0 Å². The predicted molar refractivity (Wildman–Crippen MR) is 51.1 cm³/mol. The van der Waals surface area contributed by atoms with Gasteiger partial charge in [-0.3, -0.25) is 0 Å². The third-order valence-corrected chi connectivity index (χ3v) is 3.43. The highest BCUT2D eigenvalue weighted by molar-refractivity contribution is 9.09. The van der Waals surface area contributed by atoms with Gasteiger partial charge in [-0.1, -0.05) is 21.5 Å². The summed E-state index contributed by atoms with van der Waals surface area (Å²) < 4.78 is 5.12. The number of hydrogen-bond acceptors (Lipinski definition) is 1. The quantitative estimate of drug-likeness (QED) is 0.512. The molecular weight excluding hydrogens is 204 g/mol. The number of alkyl halides is 1. The van der Waals surface area contributed by atoms with Crippen LogP contribution in [0.5, 0.6) is 0 Å². The zero-order chi connectivity index (χ0) is 8.27. The van der Waals surface area contributed by atoms with E-state index in [2.05, 4.69) is 22.9 Å². The van der Waals surface area contributed by atoms with Crippen LogP contribution in [0.2, 0.25) is 0 Å². The first kappa shape index (κ1) is 9.27. The molecule has 1 aliphatic carbocycles. The molecule has 11 heavy (non-hydrogen) atoms. The zero-order valence-corrected chi connectivity index (χ0v) is 8.78. The Kier molecular flexibility index (Phi) is 3.60. The lowest BCUT2D eigenvalue weighted by molar-refractivity contribution is 0.220. The fourth-order valence-electron chi connectivity index (χ4n) is 1.49. The average Bonchev–Trinajstić information content (AvgIpc) is 1.99. The number of hydrogen-bond donors (Lipinski definition) is 0. The van der Waals surface area contributed by atoms with Crippen LogP contribution in [0.15, 0.2) is 11.1 Å². The molecule has 1 nitrogen and oxygen atoms in total. The van der Waals surface area contributed by atoms with Gasteiger partial charge in [-0.2, -0.15) is 0 Å². The Morgan fingerprint density at radius 1 is 1.64 bits per heavy atom. The molecule has 0 aromatic carbocycles. The second-order valence-corrected chi connectivity index (χ2v) is 4.18. The van der Waals surface area contributed by atoms with Crippen LogP contribution in [0, 0.1) is 0 Å². The van der Waals surface area contributed by atoms with E-state index in [0.717, 1.165) is 6.61 Å². The van der Waals surface area contributed by atoms with Crippen molar-refractivity contribution < 1.29 is 4.74 Å². The van der Waals surface area contributed by atoms with Crippen molar-refractivity contribution in [3.8, 4) is 0 Å². The van der Waals surface area contributed by atoms with E-state index < -0.39 is 0 Å². The average molecular weight is 219 g/mol. The molecule has 2 heteroatoms. The Morgan fingerprint density at radius 2 is 2.36 bits per heavy atom. The molecule has 0 fully saturated rings. The van der Waals surface area contributed by atoms with Gasteiger partial charge in [0.1, 0.15) is 0 Å². The summed E-state index contributed by atoms with van der Waals surface area (Å²) in [5.41, 5.74) is 2.97. The minimum Gasteiger partial charge on any atom is -0.380 e. The fourth-order valence-corrected chi connectivity index (χ4v) is 2.14. The summed E-state index contributed by atoms with van der Waals surface area (Å²) in [6.45, 7) is 3.01. The van der Waals surface area contributed by atoms with Gasteiger partial charge < -0.3 is 4.74 Å². The summed E-state index contributed by atoms with van der Waals surface area (Å²) >= 11 is 3.65. The maximum absolute atomic E-state index is 5.12. The van der Waals surface area contributed by atoms with E-state index in [0.29, 0.717) is 4.83 Å². The molecule has 0 spiro atoms. The van der Waals surface area contributed by atoms with Crippen LogP contribution in [0.25, 0.3) is 0 Å². The van der Waals surface area contributed by atoms with Crippen LogP contribution in [-0.2, 0) is 4.74 Å². The molecule has 0 aromatic rings. The molecule has 0 radical (unpaired) electrons. The van der Waals surface area contributed by atoms with Crippen molar-refractivity contribution in [3.63, 3.8) is 0 Å². The maximum Gasteiger partial charge on any atom is 0.0675 e. The van der Waals surface area contributed by atoms with E-state index >= 15 is 0 Å². The summed E-state index contributed by atoms with van der Waals surface area (Å²) in [4.78, 5) is 0.599. The van der Waals surface area contributed by atoms with Crippen molar-refractivity contribution in [2.24, 2.45) is 0 Å². The van der Waals surface area contributed by atoms with E-state index in [1.165, 1.54) is 30.4 Å². The summed E-state index contributed by atoms with van der Waals surface area (Å²) in [7, 11) is 1.76. The van der Waals surface area contributed by atoms with Gasteiger partial charge in [0.05, 0.1) is 6.61 Å². The molecule has 1 rings (SSSR count). The van der Waals surface area contributed by atoms with Crippen molar-refractivity contribution in [1.82, 2.24) is 0 Å². The summed E-state index contributed by atoms with van der Waals surface area (Å²) in [5.74, 6) is 0. The number of rotatable bonds is 2. The zero-order valence-electron chi connectivity index (χ0n) is 7.19. The fraction of sp³-hybridized carbons (Fsp3) is 0.778. The molecule has 64 valence electrons. The van der Waals surface area contributed by atoms with Gasteiger partial charge in [0.2, 0.25) is 0 Å². The molecule has 1 atom stereocenters. The monoisotopic (exact) mass is 218 g/mol. The molecule has 0 aromatic heterocycles. The smallest absolute Gasteiger partial charge is 0.0675 e. The van der Waals surface area contributed by atoms with Gasteiger partial charge in [0.25, 0.3) is 0 Å². The molecule has 0 bridgehead atoms. The Bertz CT molecular complexity index is 163. The second kappa shape index (κ2) is 4.27. The maximum atomic E-state index is 5.12. The van der Waals surface area contributed by atoms with Crippen LogP contribution in [-0.4, -0.2) is 18.5 Å². The van der Waals surface area contributed by atoms with Crippen LogP contribution in [0.4, 0.5) is 0 Å². The Morgan fingerprint density at radius 3 is 3.00 bits per heavy atom. The normalized spacial score (nSPS) is 25.9. The van der Waals surface area contributed by atoms with E-state index in [1.54, 1.807) is 7.11 Å². The first-order valence-corrected chi connectivity index (χ1v) is 4.98. The lowest BCUT2D eigenvalue weighted by Crippen LogP contribution is -2.12. The number of halogens is 1. The van der Waals surface area contributed by atoms with Crippen LogP contribution < -0.4 is 0 Å². The van der Waals surface area contributed by atoms with Crippen LogP contribution in [0.1, 0.15) is 26.2 Å². The van der Waals surface area contributed by atoms with Crippen molar-refractivity contribution in [2.45, 2.75) is 31.0 Å². The SMILES string of the molecule is COCC1=C(C)C(Br)CCC1. The minimum atomic E-state index is 0.599. The second-order valence-electron chi connectivity index (χ2n) is 3.08. The Labute approximate surface area is 76.9 Å². The highest BCUT2D eigenvalue weighted by Gasteiger charge is 2.16. The van der Waals surface area contributed by atoms with E-state index in [9.17, 15) is 0 Å². The number of allylic oxidation sites excluding steroid dienone is 1. The highest BCUT2D eigenvalue weighted by Crippen LogP contribution is 2.29. The van der Waals surface area contributed by atoms with Gasteiger partial charge in [0, 0.05) is 11.9 Å². The lowest BCUT2D eigenvalue weighted by atomic mass is 9.93. The molecule has 0 saturated carbocycles. The molecule has 0 aliphatic heterocycles. The Hall–Kier alpha value is 0.180. The van der Waals surface area contributed by atoms with Gasteiger partial charge in [0.15, 0.2) is 0 Å². The first-order valence-electron chi connectivity index (χ1n) is 4.07. The van der Waals surface area contributed by atoms with Crippen molar-refractivity contribution in [2.75, 3.05) is 13.7 Å². The molecule has 0 amide bonds. The van der Waals surface area contributed by atoms with E-state index in [1.807, 2.05) is 0 Å². The van der Waals surface area contributed by atoms with Crippen molar-refractivity contribution in [3.05, 3.63) is 11.1 Å². The minimum absolute atomic E-state index is 0.599. The van der Waals surface area contributed by atoms with Gasteiger partial charge >= 0.3 is 0 Å². The molecule has 1 aliphatic rings. The summed E-state index contributed by atoms with van der Waals surface area (Å²) in [5, 5.41) is 0. The number of ether oxygens (including phenoxy) is 1. The van der Waals surface area contributed by atoms with Crippen LogP contribution >= 0.6 is 15.9 Å². The molecule has 1 unspecified atom stereocenters. The Balaban J connectivity index is 2.63. The summed E-state index contributed by atoms with van der Waals surface area (Å²) in [6.07, 6.45) is 3.80. The van der Waals surface area contributed by atoms with Crippen molar-refractivity contribution in [1.29, 1.82) is 0 Å². The third-order valence-electron chi connectivity index (χ3n) is 2.28. The van der Waals surface area contributed by atoms with Gasteiger partial charge in [-0.25, -0.2) is 0 Å². The molecule has 0 N–H and O–H groups in total. The van der Waals surface area contributed by atoms with Gasteiger partial charge in [-0.15, -0.1) is 0 Å². The van der Waals surface area contributed by atoms with Crippen molar-refractivity contribution >= 4 is 15.9 Å². The predicted octanol–water partition coefficient (Wildman–Crippen LogP) is 2.90. The van der Waals surface area contributed by atoms with Gasteiger partial charge in [-0.05, 0) is 31.8 Å². The third kappa shape index (κ3) is 2.31. The topological polar surface area (TPSA) is 9.23 Å². The lowest BCUT2D eigenvalue weighted by Gasteiger charge is -2.21. The van der Waals surface area contributed by atoms with E-state index in [-0.39, 0.29) is 0 Å². The molecular formula is C9H15BrO. The largest absolute Gasteiger partial charge is 0.380 e. The standard InChI is InChI=1S/C9H15BrO/c1-7-8(6-11-2)4-3-5-9(7)10/h9H,3-6H2,1-2H3. The molecule has 0 saturated heterocycles. The number of methoxy groups -OCH3 is 1. The highest BCUT2D eigenvalue weighted by atomic mass is 79.9. The molecule has 0 heterocycles.